The zero-order chi connectivity index (χ0) is 6.97. The zero-order valence-electron chi connectivity index (χ0n) is 4.98. The minimum absolute atomic E-state index is 0.269. The van der Waals surface area contributed by atoms with E-state index in [1.54, 1.807) is 18.3 Å². The van der Waals surface area contributed by atoms with Crippen molar-refractivity contribution in [2.24, 2.45) is 0 Å². The van der Waals surface area contributed by atoms with E-state index in [0.29, 0.717) is 5.65 Å². The van der Waals surface area contributed by atoms with E-state index in [1.165, 1.54) is 4.40 Å². The Morgan fingerprint density at radius 1 is 1.60 bits per heavy atom. The Hall–Kier alpha value is -1.65. The molecule has 0 amide bonds. The number of hydrogen-bond donors (Lipinski definition) is 1. The van der Waals surface area contributed by atoms with Crippen molar-refractivity contribution in [3.63, 3.8) is 0 Å². The molecule has 2 heterocycles. The average Bonchev–Trinajstić information content (AvgIpc) is 2.36. The van der Waals surface area contributed by atoms with Gasteiger partial charge in [-0.15, -0.1) is 5.10 Å². The highest BCUT2D eigenvalue weighted by Gasteiger charge is 1.93. The lowest BCUT2D eigenvalue weighted by Crippen LogP contribution is -2.17. The third-order valence-corrected chi connectivity index (χ3v) is 1.24. The van der Waals surface area contributed by atoms with Gasteiger partial charge in [0.15, 0.2) is 5.65 Å². The molecule has 0 bridgehead atoms. The molecule has 50 valence electrons. The summed E-state index contributed by atoms with van der Waals surface area (Å²) in [6.07, 6.45) is 1.63. The van der Waals surface area contributed by atoms with Crippen molar-refractivity contribution in [1.29, 1.82) is 0 Å². The first-order valence-electron chi connectivity index (χ1n) is 2.76. The summed E-state index contributed by atoms with van der Waals surface area (Å²) in [5, 5.41) is 9.24. The molecule has 10 heavy (non-hydrogen) atoms. The second-order valence-corrected chi connectivity index (χ2v) is 1.85. The first-order chi connectivity index (χ1) is 4.88. The van der Waals surface area contributed by atoms with Crippen LogP contribution in [0, 0.1) is 0 Å². The van der Waals surface area contributed by atoms with Crippen LogP contribution >= 0.6 is 0 Å². The predicted octanol–water partition coefficient (Wildman–Crippen LogP) is -0.582. The van der Waals surface area contributed by atoms with Gasteiger partial charge in [0, 0.05) is 6.20 Å². The zero-order valence-corrected chi connectivity index (χ0v) is 4.98. The van der Waals surface area contributed by atoms with Crippen LogP contribution in [0.25, 0.3) is 5.65 Å². The van der Waals surface area contributed by atoms with Gasteiger partial charge in [0.1, 0.15) is 0 Å². The Morgan fingerprint density at radius 2 is 2.50 bits per heavy atom. The number of rotatable bonds is 0. The topological polar surface area (TPSA) is 63.0 Å². The van der Waals surface area contributed by atoms with Crippen LogP contribution in [0.15, 0.2) is 23.1 Å². The molecule has 2 rings (SSSR count). The lowest BCUT2D eigenvalue weighted by molar-refractivity contribution is 0.787. The number of aromatic amines is 1. The number of fused-ring (bicyclic) bond motifs is 1. The Balaban J connectivity index is 3.09. The minimum Gasteiger partial charge on any atom is -0.250 e. The summed E-state index contributed by atoms with van der Waals surface area (Å²) >= 11 is 0. The summed E-state index contributed by atoms with van der Waals surface area (Å²) in [6, 6.07) is 3.45. The molecule has 0 saturated heterocycles. The van der Waals surface area contributed by atoms with Gasteiger partial charge < -0.3 is 0 Å². The van der Waals surface area contributed by atoms with Crippen molar-refractivity contribution >= 4 is 5.65 Å². The summed E-state index contributed by atoms with van der Waals surface area (Å²) < 4.78 is 1.38. The van der Waals surface area contributed by atoms with Gasteiger partial charge >= 0.3 is 5.69 Å². The van der Waals surface area contributed by atoms with Gasteiger partial charge in [-0.25, -0.2) is 9.89 Å². The van der Waals surface area contributed by atoms with Crippen molar-refractivity contribution in [2.75, 3.05) is 0 Å². The molecule has 0 atom stereocenters. The molecule has 0 radical (unpaired) electrons. The van der Waals surface area contributed by atoms with Gasteiger partial charge in [0.05, 0.1) is 0 Å². The molecule has 0 aliphatic heterocycles. The molecule has 0 spiro atoms. The number of H-pyrrole nitrogens is 1. The predicted molar refractivity (Wildman–Crippen MR) is 33.6 cm³/mol. The molecule has 0 aliphatic carbocycles. The molecule has 5 nitrogen and oxygen atoms in total. The van der Waals surface area contributed by atoms with Crippen LogP contribution in [0.1, 0.15) is 0 Å². The monoisotopic (exact) mass is 136 g/mol. The van der Waals surface area contributed by atoms with E-state index in [2.05, 4.69) is 15.4 Å². The van der Waals surface area contributed by atoms with Gasteiger partial charge in [-0.05, 0) is 12.1 Å². The second kappa shape index (κ2) is 1.66. The summed E-state index contributed by atoms with van der Waals surface area (Å²) in [6.45, 7) is 0. The smallest absolute Gasteiger partial charge is 0.250 e. The van der Waals surface area contributed by atoms with Crippen LogP contribution in [-0.4, -0.2) is 19.8 Å². The van der Waals surface area contributed by atoms with Gasteiger partial charge in [-0.1, -0.05) is 5.21 Å². The van der Waals surface area contributed by atoms with E-state index in [4.69, 9.17) is 0 Å². The fraction of sp³-hybridized carbons (Fsp3) is 0. The Labute approximate surface area is 55.3 Å². The SMILES string of the molecule is O=c1[nH]nnc2cccn12. The molecule has 5 heteroatoms. The van der Waals surface area contributed by atoms with Gasteiger partial charge in [0.2, 0.25) is 0 Å². The van der Waals surface area contributed by atoms with Crippen molar-refractivity contribution < 1.29 is 0 Å². The standard InChI is InChI=1S/C5H4N4O/c10-5-7-8-6-4-2-1-3-9(4)5/h1-3H,(H,6,7,10). The van der Waals surface area contributed by atoms with Crippen molar-refractivity contribution in [1.82, 2.24) is 19.8 Å². The Kier molecular flexibility index (Phi) is 0.858. The maximum absolute atomic E-state index is 10.8. The molecule has 0 saturated carbocycles. The average molecular weight is 136 g/mol. The Morgan fingerprint density at radius 3 is 3.30 bits per heavy atom. The van der Waals surface area contributed by atoms with Crippen LogP contribution in [0.3, 0.4) is 0 Å². The quantitative estimate of drug-likeness (QED) is 0.526. The third-order valence-electron chi connectivity index (χ3n) is 1.24. The fourth-order valence-corrected chi connectivity index (χ4v) is 0.798. The molecule has 0 fully saturated rings. The molecule has 1 N–H and O–H groups in total. The van der Waals surface area contributed by atoms with Crippen molar-refractivity contribution in [2.45, 2.75) is 0 Å². The van der Waals surface area contributed by atoms with Gasteiger partial charge in [-0.3, -0.25) is 4.40 Å². The maximum atomic E-state index is 10.8. The van der Waals surface area contributed by atoms with E-state index >= 15 is 0 Å². The third kappa shape index (κ3) is 0.540. The lowest BCUT2D eigenvalue weighted by Gasteiger charge is -1.86. The fourth-order valence-electron chi connectivity index (χ4n) is 0.798. The molecule has 2 aromatic heterocycles. The van der Waals surface area contributed by atoms with Crippen molar-refractivity contribution in [3.8, 4) is 0 Å². The highest BCUT2D eigenvalue weighted by atomic mass is 16.1. The molecule has 0 aromatic carbocycles. The molecule has 0 aliphatic rings. The molecule has 0 unspecified atom stereocenters. The van der Waals surface area contributed by atoms with Crippen molar-refractivity contribution in [3.05, 3.63) is 28.8 Å². The summed E-state index contributed by atoms with van der Waals surface area (Å²) in [4.78, 5) is 10.8. The van der Waals surface area contributed by atoms with Gasteiger partial charge in [0.25, 0.3) is 0 Å². The summed E-state index contributed by atoms with van der Waals surface area (Å²) in [5.74, 6) is 0. The lowest BCUT2D eigenvalue weighted by atomic mass is 10.7. The highest BCUT2D eigenvalue weighted by molar-refractivity contribution is 5.35. The minimum atomic E-state index is -0.269. The first-order valence-corrected chi connectivity index (χ1v) is 2.76. The van der Waals surface area contributed by atoms with Crippen LogP contribution in [0.4, 0.5) is 0 Å². The molecular formula is C5H4N4O. The Bertz CT molecular complexity index is 401. The van der Waals surface area contributed by atoms with E-state index in [9.17, 15) is 4.79 Å². The largest absolute Gasteiger partial charge is 0.349 e. The van der Waals surface area contributed by atoms with E-state index in [-0.39, 0.29) is 5.69 Å². The summed E-state index contributed by atoms with van der Waals surface area (Å²) in [7, 11) is 0. The van der Waals surface area contributed by atoms with Crippen LogP contribution in [0.5, 0.6) is 0 Å². The first kappa shape index (κ1) is 5.16. The van der Waals surface area contributed by atoms with Crippen LogP contribution in [0.2, 0.25) is 0 Å². The number of hydrogen-bond acceptors (Lipinski definition) is 3. The van der Waals surface area contributed by atoms with E-state index in [1.807, 2.05) is 0 Å². The second-order valence-electron chi connectivity index (χ2n) is 1.85. The van der Waals surface area contributed by atoms with Crippen LogP contribution < -0.4 is 5.69 Å². The highest BCUT2D eigenvalue weighted by Crippen LogP contribution is 1.90. The van der Waals surface area contributed by atoms with E-state index < -0.39 is 0 Å². The normalized spacial score (nSPS) is 10.4. The number of nitrogens with zero attached hydrogens (tertiary/aromatic N) is 3. The van der Waals surface area contributed by atoms with Crippen LogP contribution in [-0.2, 0) is 0 Å². The molecular weight excluding hydrogens is 132 g/mol. The number of nitrogens with one attached hydrogen (secondary N) is 1. The van der Waals surface area contributed by atoms with Gasteiger partial charge in [-0.2, -0.15) is 0 Å². The van der Waals surface area contributed by atoms with E-state index in [0.717, 1.165) is 0 Å². The number of aromatic nitrogens is 4. The summed E-state index contributed by atoms with van der Waals surface area (Å²) in [5.41, 5.74) is 0.291. The maximum Gasteiger partial charge on any atom is 0.349 e. The molecule has 2 aromatic rings.